The summed E-state index contributed by atoms with van der Waals surface area (Å²) in [6.45, 7) is 6.14. The van der Waals surface area contributed by atoms with Gasteiger partial charge in [0.05, 0.1) is 0 Å². The van der Waals surface area contributed by atoms with Crippen LogP contribution in [0.25, 0.3) is 0 Å². The topological polar surface area (TPSA) is 32.3 Å². The number of nitrogens with zero attached hydrogens (tertiary/aromatic N) is 1. The number of urea groups is 1. The normalized spacial score (nSPS) is 18.6. The number of nitrogens with one attached hydrogen (secondary N) is 1. The predicted octanol–water partition coefficient (Wildman–Crippen LogP) is 3.10. The smallest absolute Gasteiger partial charge is 0.317 e. The summed E-state index contributed by atoms with van der Waals surface area (Å²) >= 11 is 1.95. The highest BCUT2D eigenvalue weighted by molar-refractivity contribution is 7.99. The van der Waals surface area contributed by atoms with Gasteiger partial charge >= 0.3 is 6.03 Å². The molecule has 0 aromatic rings. The van der Waals surface area contributed by atoms with Gasteiger partial charge in [-0.1, -0.05) is 26.2 Å². The summed E-state index contributed by atoms with van der Waals surface area (Å²) in [7, 11) is 0. The van der Waals surface area contributed by atoms with E-state index >= 15 is 0 Å². The van der Waals surface area contributed by atoms with Gasteiger partial charge in [-0.25, -0.2) is 4.79 Å². The van der Waals surface area contributed by atoms with Gasteiger partial charge in [-0.2, -0.15) is 11.8 Å². The van der Waals surface area contributed by atoms with Gasteiger partial charge < -0.3 is 10.2 Å². The molecule has 1 aliphatic heterocycles. The molecule has 3 nitrogen and oxygen atoms in total. The molecule has 0 aliphatic carbocycles. The minimum atomic E-state index is 0.136. The second kappa shape index (κ2) is 8.67. The molecule has 0 aromatic carbocycles. The summed E-state index contributed by atoms with van der Waals surface area (Å²) in [6, 6.07) is 0.446. The molecule has 1 atom stereocenters. The Labute approximate surface area is 110 Å². The molecular formula is C13H26N2OS. The van der Waals surface area contributed by atoms with Crippen molar-refractivity contribution in [3.8, 4) is 0 Å². The molecule has 100 valence electrons. The van der Waals surface area contributed by atoms with Gasteiger partial charge in [-0.05, 0) is 25.5 Å². The van der Waals surface area contributed by atoms with Crippen LogP contribution in [0.3, 0.4) is 0 Å². The van der Waals surface area contributed by atoms with Gasteiger partial charge in [-0.3, -0.25) is 0 Å². The zero-order chi connectivity index (χ0) is 12.5. The van der Waals surface area contributed by atoms with Crippen molar-refractivity contribution < 1.29 is 4.79 Å². The first-order chi connectivity index (χ1) is 8.24. The summed E-state index contributed by atoms with van der Waals surface area (Å²) in [5.74, 6) is 2.27. The lowest BCUT2D eigenvalue weighted by Gasteiger charge is -2.23. The number of amides is 2. The Balaban J connectivity index is 2.21. The van der Waals surface area contributed by atoms with Crippen LogP contribution in [-0.4, -0.2) is 41.6 Å². The lowest BCUT2D eigenvalue weighted by Crippen LogP contribution is -2.44. The molecule has 0 radical (unpaired) electrons. The molecule has 0 bridgehead atoms. The Hall–Kier alpha value is -0.380. The monoisotopic (exact) mass is 258 g/mol. The maximum atomic E-state index is 12.0. The van der Waals surface area contributed by atoms with E-state index < -0.39 is 0 Å². The number of carbonyl (C=O) groups excluding carboxylic acids is 1. The van der Waals surface area contributed by atoms with Crippen LogP contribution in [0.1, 0.15) is 46.0 Å². The molecule has 4 heteroatoms. The largest absolute Gasteiger partial charge is 0.336 e. The fraction of sp³-hybridized carbons (Fsp3) is 0.923. The van der Waals surface area contributed by atoms with E-state index in [4.69, 9.17) is 0 Å². The fourth-order valence-electron chi connectivity index (χ4n) is 2.02. The van der Waals surface area contributed by atoms with Crippen molar-refractivity contribution in [3.05, 3.63) is 0 Å². The summed E-state index contributed by atoms with van der Waals surface area (Å²) in [5, 5.41) is 3.11. The first kappa shape index (κ1) is 14.7. The average Bonchev–Trinajstić information content (AvgIpc) is 2.57. The summed E-state index contributed by atoms with van der Waals surface area (Å²) in [5.41, 5.74) is 0. The van der Waals surface area contributed by atoms with Crippen molar-refractivity contribution in [2.75, 3.05) is 24.6 Å². The van der Waals surface area contributed by atoms with Gasteiger partial charge in [0.2, 0.25) is 0 Å². The summed E-state index contributed by atoms with van der Waals surface area (Å²) in [4.78, 5) is 14.0. The van der Waals surface area contributed by atoms with Crippen LogP contribution in [0.4, 0.5) is 4.79 Å². The molecule has 0 spiro atoms. The maximum Gasteiger partial charge on any atom is 0.317 e. The molecule has 0 aromatic heterocycles. The molecule has 1 heterocycles. The Kier molecular flexibility index (Phi) is 7.49. The van der Waals surface area contributed by atoms with E-state index in [-0.39, 0.29) is 6.03 Å². The minimum Gasteiger partial charge on any atom is -0.336 e. The van der Waals surface area contributed by atoms with E-state index in [1.165, 1.54) is 25.0 Å². The molecule has 1 N–H and O–H groups in total. The van der Waals surface area contributed by atoms with E-state index in [1.807, 2.05) is 16.7 Å². The average molecular weight is 258 g/mol. The Morgan fingerprint density at radius 3 is 2.94 bits per heavy atom. The van der Waals surface area contributed by atoms with Crippen LogP contribution in [0.2, 0.25) is 0 Å². The van der Waals surface area contributed by atoms with Gasteiger partial charge in [0.1, 0.15) is 0 Å². The van der Waals surface area contributed by atoms with Gasteiger partial charge in [0, 0.05) is 24.9 Å². The zero-order valence-electron chi connectivity index (χ0n) is 11.2. The number of carbonyl (C=O) groups is 1. The Bertz CT molecular complexity index is 215. The summed E-state index contributed by atoms with van der Waals surface area (Å²) < 4.78 is 0. The molecule has 0 saturated carbocycles. The molecule has 1 unspecified atom stereocenters. The standard InChI is InChI=1S/C13H26N2OS/c1-3-4-5-7-12(2)14-13(16)15-8-6-10-17-11-9-15/h12H,3-11H2,1-2H3,(H,14,16). The Morgan fingerprint density at radius 1 is 1.35 bits per heavy atom. The number of thioether (sulfide) groups is 1. The number of hydrogen-bond acceptors (Lipinski definition) is 2. The predicted molar refractivity (Wildman–Crippen MR) is 75.7 cm³/mol. The molecule has 1 saturated heterocycles. The van der Waals surface area contributed by atoms with Crippen molar-refractivity contribution >= 4 is 17.8 Å². The lowest BCUT2D eigenvalue weighted by atomic mass is 10.1. The quantitative estimate of drug-likeness (QED) is 0.769. The van der Waals surface area contributed by atoms with Crippen LogP contribution in [0.15, 0.2) is 0 Å². The van der Waals surface area contributed by atoms with E-state index in [9.17, 15) is 4.79 Å². The molecule has 1 aliphatic rings. The van der Waals surface area contributed by atoms with Crippen molar-refractivity contribution in [1.82, 2.24) is 10.2 Å². The Morgan fingerprint density at radius 2 is 2.18 bits per heavy atom. The van der Waals surface area contributed by atoms with E-state index in [2.05, 4.69) is 19.2 Å². The van der Waals surface area contributed by atoms with E-state index in [0.717, 1.165) is 31.7 Å². The number of rotatable bonds is 5. The zero-order valence-corrected chi connectivity index (χ0v) is 12.0. The maximum absolute atomic E-state index is 12.0. The SMILES string of the molecule is CCCCCC(C)NC(=O)N1CCCSCC1. The van der Waals surface area contributed by atoms with Gasteiger partial charge in [0.25, 0.3) is 0 Å². The van der Waals surface area contributed by atoms with Crippen molar-refractivity contribution in [1.29, 1.82) is 0 Å². The van der Waals surface area contributed by atoms with Crippen molar-refractivity contribution in [2.45, 2.75) is 52.0 Å². The second-order valence-corrected chi connectivity index (χ2v) is 6.02. The number of hydrogen-bond donors (Lipinski definition) is 1. The molecular weight excluding hydrogens is 232 g/mol. The van der Waals surface area contributed by atoms with Crippen LogP contribution in [0.5, 0.6) is 0 Å². The fourth-order valence-corrected chi connectivity index (χ4v) is 2.91. The molecule has 2 amide bonds. The third-order valence-electron chi connectivity index (χ3n) is 3.12. The molecule has 1 rings (SSSR count). The highest BCUT2D eigenvalue weighted by Crippen LogP contribution is 2.10. The van der Waals surface area contributed by atoms with Crippen LogP contribution >= 0.6 is 11.8 Å². The van der Waals surface area contributed by atoms with Gasteiger partial charge in [-0.15, -0.1) is 0 Å². The third-order valence-corrected chi connectivity index (χ3v) is 4.17. The minimum absolute atomic E-state index is 0.136. The highest BCUT2D eigenvalue weighted by Gasteiger charge is 2.16. The van der Waals surface area contributed by atoms with Crippen molar-refractivity contribution in [3.63, 3.8) is 0 Å². The van der Waals surface area contributed by atoms with E-state index in [0.29, 0.717) is 6.04 Å². The van der Waals surface area contributed by atoms with Gasteiger partial charge in [0.15, 0.2) is 0 Å². The second-order valence-electron chi connectivity index (χ2n) is 4.80. The first-order valence-corrected chi connectivity index (χ1v) is 8.02. The van der Waals surface area contributed by atoms with E-state index in [1.54, 1.807) is 0 Å². The van der Waals surface area contributed by atoms with Crippen LogP contribution in [0, 0.1) is 0 Å². The molecule has 17 heavy (non-hydrogen) atoms. The van der Waals surface area contributed by atoms with Crippen LogP contribution in [-0.2, 0) is 0 Å². The number of unbranched alkanes of at least 4 members (excludes halogenated alkanes) is 2. The lowest BCUT2D eigenvalue weighted by molar-refractivity contribution is 0.197. The summed E-state index contributed by atoms with van der Waals surface area (Å²) in [6.07, 6.45) is 5.95. The van der Waals surface area contributed by atoms with Crippen LogP contribution < -0.4 is 5.32 Å². The first-order valence-electron chi connectivity index (χ1n) is 6.87. The van der Waals surface area contributed by atoms with Crippen molar-refractivity contribution in [2.24, 2.45) is 0 Å². The molecule has 1 fully saturated rings. The highest BCUT2D eigenvalue weighted by atomic mass is 32.2. The third kappa shape index (κ3) is 6.20.